The molecule has 1 atom stereocenters. The molecular formula is C29H27N6O3+. The lowest BCUT2D eigenvalue weighted by atomic mass is 9.80. The highest BCUT2D eigenvalue weighted by Gasteiger charge is 2.46. The monoisotopic (exact) mass is 507 g/mol. The molecule has 190 valence electrons. The third kappa shape index (κ3) is 4.21. The van der Waals surface area contributed by atoms with Crippen LogP contribution in [0.5, 0.6) is 0 Å². The first-order valence-electron chi connectivity index (χ1n) is 12.6. The molecule has 3 heterocycles. The molecular weight excluding hydrogens is 480 g/mol. The van der Waals surface area contributed by atoms with Gasteiger partial charge in [-0.1, -0.05) is 42.5 Å². The van der Waals surface area contributed by atoms with Gasteiger partial charge in [0.05, 0.1) is 35.1 Å². The molecule has 1 amide bonds. The number of carbonyl (C=O) groups is 2. The number of allylic oxidation sites excluding steroid dienone is 2. The van der Waals surface area contributed by atoms with Crippen LogP contribution in [0.3, 0.4) is 0 Å². The summed E-state index contributed by atoms with van der Waals surface area (Å²) >= 11 is 0. The first kappa shape index (κ1) is 23.9. The number of nitrogens with zero attached hydrogens (tertiary/aromatic N) is 4. The second kappa shape index (κ2) is 9.44. The van der Waals surface area contributed by atoms with E-state index in [-0.39, 0.29) is 16.4 Å². The van der Waals surface area contributed by atoms with Gasteiger partial charge in [0, 0.05) is 16.9 Å². The Kier molecular flexibility index (Phi) is 5.94. The fraction of sp³-hybridized carbons (Fsp3) is 0.207. The van der Waals surface area contributed by atoms with Crippen LogP contribution in [0.2, 0.25) is 0 Å². The third-order valence-electron chi connectivity index (χ3n) is 7.49. The Morgan fingerprint density at radius 2 is 1.71 bits per heavy atom. The largest absolute Gasteiger partial charge is 0.412 e. The number of amides is 1. The number of hydrogen-bond donors (Lipinski definition) is 2. The van der Waals surface area contributed by atoms with Gasteiger partial charge in [0.1, 0.15) is 11.9 Å². The van der Waals surface area contributed by atoms with Gasteiger partial charge in [0.2, 0.25) is 5.70 Å². The molecule has 9 nitrogen and oxygen atoms in total. The van der Waals surface area contributed by atoms with Gasteiger partial charge < -0.3 is 10.5 Å². The molecule has 1 unspecified atom stereocenters. The van der Waals surface area contributed by atoms with Crippen LogP contribution in [0, 0.1) is 11.8 Å². The lowest BCUT2D eigenvalue weighted by Crippen LogP contribution is -2.53. The third-order valence-corrected chi connectivity index (χ3v) is 7.49. The Labute approximate surface area is 219 Å². The summed E-state index contributed by atoms with van der Waals surface area (Å²) in [5, 5.41) is 1.03. The van der Waals surface area contributed by atoms with Crippen molar-refractivity contribution in [3.05, 3.63) is 90.0 Å². The molecule has 6 rings (SSSR count). The first-order chi connectivity index (χ1) is 18.4. The fourth-order valence-corrected chi connectivity index (χ4v) is 5.52. The van der Waals surface area contributed by atoms with Crippen molar-refractivity contribution < 1.29 is 18.9 Å². The molecule has 0 saturated heterocycles. The molecule has 1 fully saturated rings. The first-order valence-corrected chi connectivity index (χ1v) is 12.6. The molecule has 1 aliphatic carbocycles. The number of fused-ring (bicyclic) bond motifs is 2. The van der Waals surface area contributed by atoms with E-state index in [9.17, 15) is 9.59 Å². The van der Waals surface area contributed by atoms with Crippen LogP contribution in [0.4, 0.5) is 4.79 Å². The number of aromatic nitrogens is 1. The number of aliphatic imine (C=N–C) groups is 2. The number of benzene rings is 2. The summed E-state index contributed by atoms with van der Waals surface area (Å²) in [4.78, 5) is 37.5. The molecule has 2 aliphatic heterocycles. The minimum atomic E-state index is -1.07. The zero-order valence-electron chi connectivity index (χ0n) is 20.7. The van der Waals surface area contributed by atoms with Crippen LogP contribution < -0.4 is 11.6 Å². The van der Waals surface area contributed by atoms with Crippen molar-refractivity contribution in [1.29, 1.82) is 0 Å². The summed E-state index contributed by atoms with van der Waals surface area (Å²) < 4.78 is 4.52. The van der Waals surface area contributed by atoms with E-state index in [1.54, 1.807) is 12.4 Å². The number of nitrogens with two attached hydrogens (primary N) is 2. The molecule has 1 saturated carbocycles. The van der Waals surface area contributed by atoms with E-state index in [0.29, 0.717) is 31.5 Å². The molecule has 9 heteroatoms. The number of pyridine rings is 1. The molecule has 3 aliphatic rings. The zero-order valence-corrected chi connectivity index (χ0v) is 20.7. The summed E-state index contributed by atoms with van der Waals surface area (Å²) in [7, 11) is 0. The van der Waals surface area contributed by atoms with Gasteiger partial charge in [-0.3, -0.25) is 9.79 Å². The van der Waals surface area contributed by atoms with Crippen molar-refractivity contribution in [1.82, 2.24) is 4.98 Å². The van der Waals surface area contributed by atoms with Crippen molar-refractivity contribution in [2.24, 2.45) is 33.4 Å². The van der Waals surface area contributed by atoms with Crippen LogP contribution in [0.25, 0.3) is 22.2 Å². The van der Waals surface area contributed by atoms with E-state index in [1.165, 1.54) is 0 Å². The Balaban J connectivity index is 1.32. The van der Waals surface area contributed by atoms with Gasteiger partial charge in [-0.15, -0.1) is 4.59 Å². The van der Waals surface area contributed by atoms with Gasteiger partial charge in [0.25, 0.3) is 5.84 Å². The molecule has 0 radical (unpaired) electrons. The minimum absolute atomic E-state index is 0.0770. The second-order valence-corrected chi connectivity index (χ2v) is 9.82. The van der Waals surface area contributed by atoms with Gasteiger partial charge in [-0.25, -0.2) is 9.78 Å². The lowest BCUT2D eigenvalue weighted by molar-refractivity contribution is -0.750. The number of quaternary nitrogens is 1. The van der Waals surface area contributed by atoms with Crippen LogP contribution in [-0.4, -0.2) is 33.7 Å². The van der Waals surface area contributed by atoms with Gasteiger partial charge >= 0.3 is 12.1 Å². The highest BCUT2D eigenvalue weighted by Crippen LogP contribution is 2.41. The number of amidine groups is 1. The predicted molar refractivity (Wildman–Crippen MR) is 144 cm³/mol. The van der Waals surface area contributed by atoms with E-state index in [4.69, 9.17) is 21.6 Å². The molecule has 38 heavy (non-hydrogen) atoms. The fourth-order valence-electron chi connectivity index (χ4n) is 5.52. The topological polar surface area (TPSA) is 133 Å². The summed E-state index contributed by atoms with van der Waals surface area (Å²) in [5.74, 6) is 6.84. The predicted octanol–water partition coefficient (Wildman–Crippen LogP) is 4.55. The van der Waals surface area contributed by atoms with Crippen molar-refractivity contribution in [2.45, 2.75) is 25.7 Å². The van der Waals surface area contributed by atoms with Crippen LogP contribution in [0.1, 0.15) is 31.2 Å². The number of carbonyl (C=O) groups excluding carboxylic acids is 2. The number of rotatable bonds is 4. The van der Waals surface area contributed by atoms with E-state index in [1.807, 2.05) is 60.8 Å². The normalized spacial score (nSPS) is 24.3. The van der Waals surface area contributed by atoms with Crippen LogP contribution in [0.15, 0.2) is 94.4 Å². The highest BCUT2D eigenvalue weighted by atomic mass is 16.6. The average Bonchev–Trinajstić information content (AvgIpc) is 3.25. The molecule has 4 N–H and O–H groups in total. The molecule has 2 aromatic carbocycles. The molecule has 3 aromatic rings. The minimum Gasteiger partial charge on any atom is -0.376 e. The Morgan fingerprint density at radius 1 is 0.947 bits per heavy atom. The number of hydrogen-bond acceptors (Lipinski definition) is 7. The zero-order chi connectivity index (χ0) is 26.3. The highest BCUT2D eigenvalue weighted by molar-refractivity contribution is 6.02. The summed E-state index contributed by atoms with van der Waals surface area (Å²) in [6.45, 7) is 0. The van der Waals surface area contributed by atoms with E-state index < -0.39 is 12.1 Å². The summed E-state index contributed by atoms with van der Waals surface area (Å²) in [6.07, 6.45) is 6.81. The second-order valence-electron chi connectivity index (χ2n) is 9.82. The smallest absolute Gasteiger partial charge is 0.376 e. The molecule has 0 spiro atoms. The summed E-state index contributed by atoms with van der Waals surface area (Å²) in [5.41, 5.74) is 10.4. The van der Waals surface area contributed by atoms with Crippen molar-refractivity contribution >= 4 is 35.0 Å². The van der Waals surface area contributed by atoms with Crippen molar-refractivity contribution in [2.75, 3.05) is 0 Å². The van der Waals surface area contributed by atoms with E-state index >= 15 is 0 Å². The quantitative estimate of drug-likeness (QED) is 0.231. The van der Waals surface area contributed by atoms with Crippen LogP contribution >= 0.6 is 0 Å². The summed E-state index contributed by atoms with van der Waals surface area (Å²) in [6, 6.07) is 20.3. The SMILES string of the molecule is NC(=O)OC(=O)C1CCC(C2=C3C=NC=C[N+]3(N)C(c3ccc4ccc(-c5ccccc5)nc4c3)=N2)CC1. The standard InChI is InChI=1S/C29H26N6O3/c30-29(37)38-28(36)21-9-7-20(8-10-21)26-25-17-32-14-15-35(25,31)27(34-26)22-11-6-19-12-13-23(33-24(19)16-22)18-4-2-1-3-5-18/h1-6,11-17,20-21H,7-10,31H2,(H-,30,37)/p+1. The molecule has 1 aromatic heterocycles. The maximum absolute atomic E-state index is 12.2. The van der Waals surface area contributed by atoms with E-state index in [2.05, 4.69) is 15.8 Å². The maximum Gasteiger partial charge on any atom is 0.412 e. The van der Waals surface area contributed by atoms with Crippen molar-refractivity contribution in [3.8, 4) is 11.3 Å². The van der Waals surface area contributed by atoms with Crippen molar-refractivity contribution in [3.63, 3.8) is 0 Å². The molecule has 0 bridgehead atoms. The number of esters is 1. The van der Waals surface area contributed by atoms with Crippen LogP contribution in [-0.2, 0) is 9.53 Å². The average molecular weight is 508 g/mol. The Morgan fingerprint density at radius 3 is 2.47 bits per heavy atom. The van der Waals surface area contributed by atoms with E-state index in [0.717, 1.165) is 39.1 Å². The maximum atomic E-state index is 12.2. The Hall–Kier alpha value is -4.47. The van der Waals surface area contributed by atoms with Gasteiger partial charge in [-0.05, 0) is 43.9 Å². The van der Waals surface area contributed by atoms with Gasteiger partial charge in [0.15, 0.2) is 0 Å². The Bertz CT molecular complexity index is 1570. The number of ether oxygens (including phenoxy) is 1. The number of primary amides is 1. The lowest BCUT2D eigenvalue weighted by Gasteiger charge is -2.28. The van der Waals surface area contributed by atoms with Gasteiger partial charge in [-0.2, -0.15) is 10.8 Å².